The molecule has 0 aliphatic carbocycles. The highest BCUT2D eigenvalue weighted by atomic mass is 79.9. The van der Waals surface area contributed by atoms with Crippen molar-refractivity contribution in [2.24, 2.45) is 0 Å². The summed E-state index contributed by atoms with van der Waals surface area (Å²) >= 11 is 3.41. The van der Waals surface area contributed by atoms with Crippen LogP contribution in [0.5, 0.6) is 0 Å². The molecule has 0 saturated carbocycles. The van der Waals surface area contributed by atoms with Crippen molar-refractivity contribution in [3.8, 4) is 0 Å². The number of carbonyl (C=O) groups excluding carboxylic acids is 1. The minimum Gasteiger partial charge on any atom is -0.355 e. The van der Waals surface area contributed by atoms with Gasteiger partial charge in [-0.3, -0.25) is 9.69 Å². The second kappa shape index (κ2) is 7.73. The molecule has 1 aromatic rings. The fourth-order valence-electron chi connectivity index (χ4n) is 2.06. The van der Waals surface area contributed by atoms with E-state index in [2.05, 4.69) is 21.2 Å². The number of rotatable bonds is 5. The van der Waals surface area contributed by atoms with Gasteiger partial charge >= 0.3 is 0 Å². The molecule has 0 unspecified atom stereocenters. The van der Waals surface area contributed by atoms with Crippen LogP contribution >= 0.6 is 15.9 Å². The van der Waals surface area contributed by atoms with E-state index >= 15 is 0 Å². The smallest absolute Gasteiger partial charge is 0.238 e. The Morgan fingerprint density at radius 2 is 2.30 bits per heavy atom. The van der Waals surface area contributed by atoms with E-state index in [0.717, 1.165) is 29.7 Å². The molecule has 5 nitrogen and oxygen atoms in total. The third kappa shape index (κ3) is 4.86. The number of halogens is 1. The molecule has 1 saturated heterocycles. The van der Waals surface area contributed by atoms with Crippen LogP contribution in [-0.2, 0) is 14.3 Å². The van der Waals surface area contributed by atoms with E-state index in [-0.39, 0.29) is 12.0 Å². The first-order valence-corrected chi connectivity index (χ1v) is 7.36. The molecule has 20 heavy (non-hydrogen) atoms. The van der Waals surface area contributed by atoms with Crippen molar-refractivity contribution in [2.45, 2.75) is 12.5 Å². The van der Waals surface area contributed by atoms with E-state index in [1.54, 1.807) is 0 Å². The van der Waals surface area contributed by atoms with Crippen LogP contribution in [0.4, 0.5) is 5.69 Å². The zero-order valence-corrected chi connectivity index (χ0v) is 13.1. The Bertz CT molecular complexity index is 450. The lowest BCUT2D eigenvalue weighted by Gasteiger charge is -2.27. The Kier molecular flexibility index (Phi) is 5.97. The lowest BCUT2D eigenvalue weighted by molar-refractivity contribution is -0.144. The molecule has 0 radical (unpaired) electrons. The standard InChI is InChI=1S/C14H19BrN2O3/c1-17(8-11-6-7-19-10-20-11)9-14(18)16-13-5-3-2-4-12(13)15/h2-5,11H,6-10H2,1H3,(H,16,18)/t11-/m0/s1. The summed E-state index contributed by atoms with van der Waals surface area (Å²) < 4.78 is 11.5. The lowest BCUT2D eigenvalue weighted by Crippen LogP contribution is -2.39. The molecule has 1 aliphatic rings. The highest BCUT2D eigenvalue weighted by Crippen LogP contribution is 2.21. The van der Waals surface area contributed by atoms with Gasteiger partial charge in [0, 0.05) is 11.0 Å². The monoisotopic (exact) mass is 342 g/mol. The van der Waals surface area contributed by atoms with Gasteiger partial charge in [-0.1, -0.05) is 12.1 Å². The van der Waals surface area contributed by atoms with Crippen LogP contribution in [0.2, 0.25) is 0 Å². The predicted molar refractivity (Wildman–Crippen MR) is 80.6 cm³/mol. The fourth-order valence-corrected chi connectivity index (χ4v) is 2.44. The van der Waals surface area contributed by atoms with Crippen LogP contribution in [0.3, 0.4) is 0 Å². The number of carbonyl (C=O) groups is 1. The summed E-state index contributed by atoms with van der Waals surface area (Å²) in [5.74, 6) is -0.0357. The third-order valence-corrected chi connectivity index (χ3v) is 3.74. The molecule has 1 fully saturated rings. The van der Waals surface area contributed by atoms with Crippen LogP contribution in [0.1, 0.15) is 6.42 Å². The molecule has 1 aromatic carbocycles. The number of amides is 1. The van der Waals surface area contributed by atoms with Crippen molar-refractivity contribution >= 4 is 27.5 Å². The molecule has 1 amide bonds. The van der Waals surface area contributed by atoms with Crippen molar-refractivity contribution in [1.82, 2.24) is 4.90 Å². The number of hydrogen-bond donors (Lipinski definition) is 1. The Morgan fingerprint density at radius 1 is 1.50 bits per heavy atom. The van der Waals surface area contributed by atoms with Gasteiger partial charge in [0.05, 0.1) is 24.9 Å². The van der Waals surface area contributed by atoms with Gasteiger partial charge in [0.25, 0.3) is 0 Å². The molecule has 2 rings (SSSR count). The number of nitrogens with zero attached hydrogens (tertiary/aromatic N) is 1. The summed E-state index contributed by atoms with van der Waals surface area (Å²) in [6, 6.07) is 7.56. The van der Waals surface area contributed by atoms with Crippen molar-refractivity contribution in [3.63, 3.8) is 0 Å². The highest BCUT2D eigenvalue weighted by Gasteiger charge is 2.17. The van der Waals surface area contributed by atoms with Gasteiger partial charge < -0.3 is 14.8 Å². The lowest BCUT2D eigenvalue weighted by atomic mass is 10.2. The minimum atomic E-state index is -0.0357. The van der Waals surface area contributed by atoms with E-state index in [9.17, 15) is 4.79 Å². The molecule has 1 N–H and O–H groups in total. The predicted octanol–water partition coefficient (Wildman–Crippen LogP) is 2.08. The summed E-state index contributed by atoms with van der Waals surface area (Å²) in [4.78, 5) is 13.9. The average Bonchev–Trinajstić information content (AvgIpc) is 2.42. The zero-order valence-electron chi connectivity index (χ0n) is 11.5. The molecule has 0 spiro atoms. The first kappa shape index (κ1) is 15.4. The first-order chi connectivity index (χ1) is 9.65. The minimum absolute atomic E-state index is 0.0357. The zero-order chi connectivity index (χ0) is 14.4. The normalized spacial score (nSPS) is 19.1. The van der Waals surface area contributed by atoms with Gasteiger partial charge in [0.15, 0.2) is 0 Å². The van der Waals surface area contributed by atoms with E-state index < -0.39 is 0 Å². The van der Waals surface area contributed by atoms with Crippen LogP contribution in [0, 0.1) is 0 Å². The maximum Gasteiger partial charge on any atom is 0.238 e. The summed E-state index contributed by atoms with van der Waals surface area (Å²) in [5.41, 5.74) is 0.785. The van der Waals surface area contributed by atoms with Crippen LogP contribution in [0.15, 0.2) is 28.7 Å². The van der Waals surface area contributed by atoms with E-state index in [4.69, 9.17) is 9.47 Å². The number of ether oxygens (including phenoxy) is 2. The maximum absolute atomic E-state index is 12.0. The first-order valence-electron chi connectivity index (χ1n) is 6.57. The molecular weight excluding hydrogens is 324 g/mol. The number of nitrogens with one attached hydrogen (secondary N) is 1. The van der Waals surface area contributed by atoms with Gasteiger partial charge in [0.2, 0.25) is 5.91 Å². The average molecular weight is 343 g/mol. The molecule has 6 heteroatoms. The molecule has 1 heterocycles. The fraction of sp³-hybridized carbons (Fsp3) is 0.500. The van der Waals surface area contributed by atoms with Crippen LogP contribution in [-0.4, -0.2) is 50.4 Å². The Morgan fingerprint density at radius 3 is 3.00 bits per heavy atom. The van der Waals surface area contributed by atoms with Crippen LogP contribution < -0.4 is 5.32 Å². The van der Waals surface area contributed by atoms with Crippen molar-refractivity contribution in [3.05, 3.63) is 28.7 Å². The summed E-state index contributed by atoms with van der Waals surface area (Å²) in [7, 11) is 1.92. The van der Waals surface area contributed by atoms with Gasteiger partial charge in [-0.2, -0.15) is 0 Å². The quantitative estimate of drug-likeness (QED) is 0.890. The number of likely N-dealkylation sites (N-methyl/N-ethyl adjacent to an activating group) is 1. The Hall–Kier alpha value is -0.950. The van der Waals surface area contributed by atoms with Gasteiger partial charge in [-0.05, 0) is 41.5 Å². The van der Waals surface area contributed by atoms with Crippen molar-refractivity contribution in [1.29, 1.82) is 0 Å². The van der Waals surface area contributed by atoms with Crippen LogP contribution in [0.25, 0.3) is 0 Å². The molecular formula is C14H19BrN2O3. The summed E-state index contributed by atoms with van der Waals surface area (Å²) in [6.45, 7) is 2.14. The number of hydrogen-bond acceptors (Lipinski definition) is 4. The number of anilines is 1. The number of benzene rings is 1. The largest absolute Gasteiger partial charge is 0.355 e. The molecule has 110 valence electrons. The van der Waals surface area contributed by atoms with E-state index in [1.807, 2.05) is 36.2 Å². The Balaban J connectivity index is 1.77. The molecule has 0 bridgehead atoms. The summed E-state index contributed by atoms with van der Waals surface area (Å²) in [5, 5.41) is 2.89. The molecule has 0 aromatic heterocycles. The SMILES string of the molecule is CN(CC(=O)Nc1ccccc1Br)C[C@@H]1CCOCO1. The third-order valence-electron chi connectivity index (χ3n) is 3.05. The molecule has 1 atom stereocenters. The molecule has 1 aliphatic heterocycles. The summed E-state index contributed by atoms with van der Waals surface area (Å²) in [6.07, 6.45) is 1.01. The topological polar surface area (TPSA) is 50.8 Å². The highest BCUT2D eigenvalue weighted by molar-refractivity contribution is 9.10. The second-order valence-corrected chi connectivity index (χ2v) is 5.68. The van der Waals surface area contributed by atoms with Crippen molar-refractivity contribution in [2.75, 3.05) is 38.9 Å². The van der Waals surface area contributed by atoms with E-state index in [0.29, 0.717) is 13.3 Å². The van der Waals surface area contributed by atoms with Gasteiger partial charge in [-0.25, -0.2) is 0 Å². The maximum atomic E-state index is 12.0. The van der Waals surface area contributed by atoms with Crippen molar-refractivity contribution < 1.29 is 14.3 Å². The second-order valence-electron chi connectivity index (χ2n) is 4.83. The van der Waals surface area contributed by atoms with Gasteiger partial charge in [0.1, 0.15) is 6.79 Å². The number of para-hydroxylation sites is 1. The van der Waals surface area contributed by atoms with E-state index in [1.165, 1.54) is 0 Å². The Labute approximate surface area is 127 Å². The van der Waals surface area contributed by atoms with Gasteiger partial charge in [-0.15, -0.1) is 0 Å².